The minimum absolute atomic E-state index is 0.239. The zero-order valence-corrected chi connectivity index (χ0v) is 14.3. The molecule has 0 aliphatic carbocycles. The van der Waals surface area contributed by atoms with Crippen LogP contribution in [0.5, 0.6) is 0 Å². The van der Waals surface area contributed by atoms with Crippen LogP contribution in [0.15, 0.2) is 53.1 Å². The van der Waals surface area contributed by atoms with Gasteiger partial charge in [-0.1, -0.05) is 24.2 Å². The molecule has 0 bridgehead atoms. The number of nitrogens with one attached hydrogen (secondary N) is 2. The van der Waals surface area contributed by atoms with E-state index in [9.17, 15) is 9.18 Å². The molecule has 2 aromatic carbocycles. The van der Waals surface area contributed by atoms with Crippen LogP contribution >= 0.6 is 0 Å². The minimum atomic E-state index is -0.298. The fourth-order valence-electron chi connectivity index (χ4n) is 2.38. The van der Waals surface area contributed by atoms with Crippen LogP contribution in [0.25, 0.3) is 11.4 Å². The third-order valence-electron chi connectivity index (χ3n) is 3.65. The Morgan fingerprint density at radius 3 is 2.73 bits per heavy atom. The number of anilines is 1. The number of rotatable bonds is 6. The molecule has 0 saturated heterocycles. The summed E-state index contributed by atoms with van der Waals surface area (Å²) in [6, 6.07) is 13.2. The maximum Gasteiger partial charge on any atom is 0.319 e. The van der Waals surface area contributed by atoms with Gasteiger partial charge >= 0.3 is 6.03 Å². The summed E-state index contributed by atoms with van der Waals surface area (Å²) in [5, 5.41) is 9.45. The van der Waals surface area contributed by atoms with Gasteiger partial charge in [0.05, 0.1) is 6.42 Å². The molecular weight excluding hydrogens is 335 g/mol. The SMILES string of the molecule is CCCNC(=O)Nc1ccc(-c2noc(Cc3cccc(F)c3)n2)cc1. The molecule has 134 valence electrons. The number of benzene rings is 2. The van der Waals surface area contributed by atoms with E-state index in [2.05, 4.69) is 20.8 Å². The molecule has 0 aliphatic rings. The van der Waals surface area contributed by atoms with Crippen molar-refractivity contribution in [2.45, 2.75) is 19.8 Å². The highest BCUT2D eigenvalue weighted by molar-refractivity contribution is 5.89. The van der Waals surface area contributed by atoms with Gasteiger partial charge in [-0.3, -0.25) is 0 Å². The maximum atomic E-state index is 13.2. The van der Waals surface area contributed by atoms with Crippen LogP contribution in [-0.2, 0) is 6.42 Å². The fourth-order valence-corrected chi connectivity index (χ4v) is 2.38. The van der Waals surface area contributed by atoms with Gasteiger partial charge in [-0.25, -0.2) is 9.18 Å². The molecule has 0 aliphatic heterocycles. The normalized spacial score (nSPS) is 10.5. The number of hydrogen-bond acceptors (Lipinski definition) is 4. The summed E-state index contributed by atoms with van der Waals surface area (Å²) in [7, 11) is 0. The van der Waals surface area contributed by atoms with Gasteiger partial charge in [-0.05, 0) is 48.4 Å². The van der Waals surface area contributed by atoms with Crippen molar-refractivity contribution < 1.29 is 13.7 Å². The Morgan fingerprint density at radius 2 is 2.00 bits per heavy atom. The standard InChI is InChI=1S/C19H19FN4O2/c1-2-10-21-19(25)22-16-8-6-14(7-9-16)18-23-17(26-24-18)12-13-4-3-5-15(20)11-13/h3-9,11H,2,10,12H2,1H3,(H2,21,22,25). The molecule has 0 spiro atoms. The van der Waals surface area contributed by atoms with Gasteiger partial charge in [0.25, 0.3) is 0 Å². The number of urea groups is 1. The molecule has 0 atom stereocenters. The van der Waals surface area contributed by atoms with Crippen molar-refractivity contribution in [3.8, 4) is 11.4 Å². The van der Waals surface area contributed by atoms with E-state index in [0.29, 0.717) is 30.4 Å². The molecular formula is C19H19FN4O2. The number of carbonyl (C=O) groups is 1. The Balaban J connectivity index is 1.64. The topological polar surface area (TPSA) is 80.0 Å². The highest BCUT2D eigenvalue weighted by Gasteiger charge is 2.10. The van der Waals surface area contributed by atoms with E-state index in [1.54, 1.807) is 36.4 Å². The summed E-state index contributed by atoms with van der Waals surface area (Å²) in [6.07, 6.45) is 1.24. The van der Waals surface area contributed by atoms with Crippen molar-refractivity contribution >= 4 is 11.7 Å². The van der Waals surface area contributed by atoms with Crippen LogP contribution < -0.4 is 10.6 Å². The smallest absolute Gasteiger partial charge is 0.319 e. The molecule has 6 nitrogen and oxygen atoms in total. The Morgan fingerprint density at radius 1 is 1.19 bits per heavy atom. The number of halogens is 1. The van der Waals surface area contributed by atoms with Crippen molar-refractivity contribution in [2.75, 3.05) is 11.9 Å². The molecule has 0 saturated carbocycles. The first kappa shape index (κ1) is 17.6. The second kappa shape index (κ2) is 8.24. The molecule has 0 unspecified atom stereocenters. The van der Waals surface area contributed by atoms with Gasteiger partial charge in [-0.2, -0.15) is 4.98 Å². The summed E-state index contributed by atoms with van der Waals surface area (Å²) >= 11 is 0. The Kier molecular flexibility index (Phi) is 5.58. The lowest BCUT2D eigenvalue weighted by Crippen LogP contribution is -2.29. The van der Waals surface area contributed by atoms with Crippen molar-refractivity contribution in [1.82, 2.24) is 15.5 Å². The quantitative estimate of drug-likeness (QED) is 0.701. The predicted octanol–water partition coefficient (Wildman–Crippen LogP) is 4.00. The van der Waals surface area contributed by atoms with Crippen LogP contribution in [0.2, 0.25) is 0 Å². The molecule has 2 amide bonds. The lowest BCUT2D eigenvalue weighted by Gasteiger charge is -2.06. The Hall–Kier alpha value is -3.22. The highest BCUT2D eigenvalue weighted by Crippen LogP contribution is 2.20. The summed E-state index contributed by atoms with van der Waals surface area (Å²) in [5.41, 5.74) is 2.20. The van der Waals surface area contributed by atoms with Crippen LogP contribution in [0.4, 0.5) is 14.9 Å². The van der Waals surface area contributed by atoms with Gasteiger partial charge in [0, 0.05) is 17.8 Å². The highest BCUT2D eigenvalue weighted by atomic mass is 19.1. The van der Waals surface area contributed by atoms with E-state index in [0.717, 1.165) is 17.5 Å². The van der Waals surface area contributed by atoms with Gasteiger partial charge in [-0.15, -0.1) is 0 Å². The van der Waals surface area contributed by atoms with E-state index in [-0.39, 0.29) is 11.8 Å². The van der Waals surface area contributed by atoms with E-state index < -0.39 is 0 Å². The lowest BCUT2D eigenvalue weighted by molar-refractivity contribution is 0.252. The average molecular weight is 354 g/mol. The van der Waals surface area contributed by atoms with Gasteiger partial charge < -0.3 is 15.2 Å². The maximum absolute atomic E-state index is 13.2. The van der Waals surface area contributed by atoms with Crippen molar-refractivity contribution in [3.63, 3.8) is 0 Å². The second-order valence-electron chi connectivity index (χ2n) is 5.78. The number of aromatic nitrogens is 2. The second-order valence-corrected chi connectivity index (χ2v) is 5.78. The van der Waals surface area contributed by atoms with E-state index in [1.165, 1.54) is 12.1 Å². The molecule has 0 fully saturated rings. The van der Waals surface area contributed by atoms with E-state index >= 15 is 0 Å². The molecule has 3 rings (SSSR count). The first-order valence-corrected chi connectivity index (χ1v) is 8.36. The van der Waals surface area contributed by atoms with Crippen molar-refractivity contribution in [3.05, 3.63) is 65.8 Å². The van der Waals surface area contributed by atoms with Crippen molar-refractivity contribution in [1.29, 1.82) is 0 Å². The van der Waals surface area contributed by atoms with E-state index in [1.807, 2.05) is 6.92 Å². The third kappa shape index (κ3) is 4.66. The van der Waals surface area contributed by atoms with E-state index in [4.69, 9.17) is 4.52 Å². The number of nitrogens with zero attached hydrogens (tertiary/aromatic N) is 2. The molecule has 0 radical (unpaired) electrons. The lowest BCUT2D eigenvalue weighted by atomic mass is 10.1. The summed E-state index contributed by atoms with van der Waals surface area (Å²) in [4.78, 5) is 16.0. The molecule has 1 aromatic heterocycles. The predicted molar refractivity (Wildman–Crippen MR) is 96.3 cm³/mol. The zero-order chi connectivity index (χ0) is 18.4. The number of carbonyl (C=O) groups excluding carboxylic acids is 1. The third-order valence-corrected chi connectivity index (χ3v) is 3.65. The van der Waals surface area contributed by atoms with Crippen LogP contribution in [0, 0.1) is 5.82 Å². The average Bonchev–Trinajstić information content (AvgIpc) is 3.09. The fraction of sp³-hybridized carbons (Fsp3) is 0.211. The summed E-state index contributed by atoms with van der Waals surface area (Å²) in [6.45, 7) is 2.61. The Bertz CT molecular complexity index is 877. The molecule has 7 heteroatoms. The molecule has 3 aromatic rings. The first-order valence-electron chi connectivity index (χ1n) is 8.36. The molecule has 1 heterocycles. The summed E-state index contributed by atoms with van der Waals surface area (Å²) < 4.78 is 18.5. The molecule has 2 N–H and O–H groups in total. The number of hydrogen-bond donors (Lipinski definition) is 2. The summed E-state index contributed by atoms with van der Waals surface area (Å²) in [5.74, 6) is 0.554. The largest absolute Gasteiger partial charge is 0.339 e. The van der Waals surface area contributed by atoms with Crippen molar-refractivity contribution in [2.24, 2.45) is 0 Å². The van der Waals surface area contributed by atoms with Crippen LogP contribution in [-0.4, -0.2) is 22.7 Å². The van der Waals surface area contributed by atoms with Gasteiger partial charge in [0.15, 0.2) is 0 Å². The van der Waals surface area contributed by atoms with Crippen LogP contribution in [0.1, 0.15) is 24.8 Å². The minimum Gasteiger partial charge on any atom is -0.339 e. The van der Waals surface area contributed by atoms with Gasteiger partial charge in [0.1, 0.15) is 5.82 Å². The number of amides is 2. The molecule has 26 heavy (non-hydrogen) atoms. The van der Waals surface area contributed by atoms with Gasteiger partial charge in [0.2, 0.25) is 11.7 Å². The Labute approximate surface area is 150 Å². The van der Waals surface area contributed by atoms with Crippen LogP contribution in [0.3, 0.4) is 0 Å². The monoisotopic (exact) mass is 354 g/mol. The first-order chi connectivity index (χ1) is 12.6. The zero-order valence-electron chi connectivity index (χ0n) is 14.3.